The molecule has 2 heterocycles. The van der Waals surface area contributed by atoms with E-state index in [1.165, 1.54) is 19.2 Å². The van der Waals surface area contributed by atoms with E-state index in [1.54, 1.807) is 31.2 Å². The second-order valence-corrected chi connectivity index (χ2v) is 6.27. The van der Waals surface area contributed by atoms with Crippen LogP contribution in [0.3, 0.4) is 0 Å². The Kier molecular flexibility index (Phi) is 4.02. The number of benzene rings is 1. The molecule has 122 valence electrons. The van der Waals surface area contributed by atoms with Gasteiger partial charge in [-0.15, -0.1) is 0 Å². The molecule has 1 N–H and O–H groups in total. The lowest BCUT2D eigenvalue weighted by molar-refractivity contribution is -0.121. The molecule has 0 bridgehead atoms. The minimum Gasteiger partial charge on any atom is -0.478 e. The Morgan fingerprint density at radius 3 is 2.58 bits per heavy atom. The number of hydrogen-bond acceptors (Lipinski definition) is 5. The molecule has 1 aliphatic heterocycles. The SMILES string of the molecule is Cc1cc(C(=O)O)ccc1-c1ccc(/C=C2\SC(=O)N(C)C2=O)o1. The number of carbonyl (C=O) groups is 3. The minimum absolute atomic E-state index is 0.208. The molecule has 0 radical (unpaired) electrons. The van der Waals surface area contributed by atoms with Gasteiger partial charge >= 0.3 is 5.97 Å². The largest absolute Gasteiger partial charge is 0.478 e. The van der Waals surface area contributed by atoms with Crippen LogP contribution in [0.5, 0.6) is 0 Å². The van der Waals surface area contributed by atoms with Crippen LogP contribution in [0.4, 0.5) is 4.79 Å². The number of aromatic carboxylic acids is 1. The zero-order valence-electron chi connectivity index (χ0n) is 12.9. The summed E-state index contributed by atoms with van der Waals surface area (Å²) in [6, 6.07) is 8.20. The zero-order valence-corrected chi connectivity index (χ0v) is 13.7. The Morgan fingerprint density at radius 1 is 1.25 bits per heavy atom. The first-order chi connectivity index (χ1) is 11.4. The van der Waals surface area contributed by atoms with Crippen LogP contribution in [0.2, 0.25) is 0 Å². The molecule has 2 aromatic rings. The van der Waals surface area contributed by atoms with Crippen molar-refractivity contribution >= 4 is 35.0 Å². The van der Waals surface area contributed by atoms with Crippen LogP contribution >= 0.6 is 11.8 Å². The fourth-order valence-corrected chi connectivity index (χ4v) is 3.13. The summed E-state index contributed by atoms with van der Waals surface area (Å²) in [6.07, 6.45) is 1.53. The van der Waals surface area contributed by atoms with Gasteiger partial charge in [-0.25, -0.2) is 4.79 Å². The lowest BCUT2D eigenvalue weighted by atomic mass is 10.0. The maximum Gasteiger partial charge on any atom is 0.335 e. The molecule has 1 saturated heterocycles. The van der Waals surface area contributed by atoms with E-state index in [-0.39, 0.29) is 16.7 Å². The third-order valence-electron chi connectivity index (χ3n) is 3.63. The van der Waals surface area contributed by atoms with Crippen LogP contribution in [-0.4, -0.2) is 34.2 Å². The molecule has 0 unspecified atom stereocenters. The first kappa shape index (κ1) is 16.1. The number of furan rings is 1. The van der Waals surface area contributed by atoms with Crippen LogP contribution in [0, 0.1) is 6.92 Å². The Hall–Kier alpha value is -2.80. The number of likely N-dealkylation sites (N-methyl/N-ethyl adjacent to an activating group) is 1. The van der Waals surface area contributed by atoms with E-state index < -0.39 is 5.97 Å². The summed E-state index contributed by atoms with van der Waals surface area (Å²) in [5.41, 5.74) is 1.74. The molecule has 0 spiro atoms. The number of thioether (sulfide) groups is 1. The summed E-state index contributed by atoms with van der Waals surface area (Å²) in [6.45, 7) is 1.80. The fourth-order valence-electron chi connectivity index (χ4n) is 2.32. The van der Waals surface area contributed by atoms with Crippen molar-refractivity contribution in [2.24, 2.45) is 0 Å². The number of imide groups is 1. The highest BCUT2D eigenvalue weighted by molar-refractivity contribution is 8.18. The van der Waals surface area contributed by atoms with E-state index in [0.717, 1.165) is 27.8 Å². The monoisotopic (exact) mass is 343 g/mol. The Bertz CT molecular complexity index is 896. The first-order valence-electron chi connectivity index (χ1n) is 7.02. The molecule has 0 atom stereocenters. The molecule has 3 rings (SSSR count). The number of hydrogen-bond donors (Lipinski definition) is 1. The van der Waals surface area contributed by atoms with Crippen molar-refractivity contribution in [2.75, 3.05) is 7.05 Å². The molecule has 0 saturated carbocycles. The Labute approximate surface area is 141 Å². The van der Waals surface area contributed by atoms with Crippen molar-refractivity contribution < 1.29 is 23.9 Å². The van der Waals surface area contributed by atoms with Gasteiger partial charge in [0.2, 0.25) is 0 Å². The molecule has 24 heavy (non-hydrogen) atoms. The molecule has 1 aliphatic rings. The third-order valence-corrected chi connectivity index (χ3v) is 4.59. The number of nitrogens with zero attached hydrogens (tertiary/aromatic N) is 1. The normalized spacial score (nSPS) is 16.2. The summed E-state index contributed by atoms with van der Waals surface area (Å²) < 4.78 is 5.71. The highest BCUT2D eigenvalue weighted by Gasteiger charge is 2.32. The Balaban J connectivity index is 1.91. The predicted molar refractivity (Wildman–Crippen MR) is 89.6 cm³/mol. The van der Waals surface area contributed by atoms with Gasteiger partial charge in [0, 0.05) is 18.7 Å². The quantitative estimate of drug-likeness (QED) is 0.857. The van der Waals surface area contributed by atoms with E-state index in [9.17, 15) is 14.4 Å². The van der Waals surface area contributed by atoms with E-state index in [1.807, 2.05) is 0 Å². The number of carboxylic acids is 1. The molecule has 1 fully saturated rings. The summed E-state index contributed by atoms with van der Waals surface area (Å²) in [5, 5.41) is 8.68. The predicted octanol–water partition coefficient (Wildman–Crippen LogP) is 3.62. The van der Waals surface area contributed by atoms with Gasteiger partial charge in [-0.05, 0) is 48.5 Å². The minimum atomic E-state index is -0.986. The molecular weight excluding hydrogens is 330 g/mol. The smallest absolute Gasteiger partial charge is 0.335 e. The van der Waals surface area contributed by atoms with Crippen LogP contribution in [0.25, 0.3) is 17.4 Å². The standard InChI is InChI=1S/C17H13NO5S/c1-9-7-10(16(20)21)3-5-12(9)13-6-4-11(23-13)8-14-15(19)18(2)17(22)24-14/h3-8H,1-2H3,(H,20,21)/b14-8-. The second kappa shape index (κ2) is 6.01. The zero-order chi connectivity index (χ0) is 17.4. The van der Waals surface area contributed by atoms with Crippen LogP contribution < -0.4 is 0 Å². The highest BCUT2D eigenvalue weighted by atomic mass is 32.2. The summed E-state index contributed by atoms with van der Waals surface area (Å²) >= 11 is 0.863. The van der Waals surface area contributed by atoms with Crippen molar-refractivity contribution in [2.45, 2.75) is 6.92 Å². The van der Waals surface area contributed by atoms with Gasteiger partial charge < -0.3 is 9.52 Å². The van der Waals surface area contributed by atoms with Crippen molar-refractivity contribution in [1.82, 2.24) is 4.90 Å². The van der Waals surface area contributed by atoms with Crippen molar-refractivity contribution in [3.05, 3.63) is 52.1 Å². The average molecular weight is 343 g/mol. The van der Waals surface area contributed by atoms with Gasteiger partial charge in [-0.1, -0.05) is 6.07 Å². The topological polar surface area (TPSA) is 87.8 Å². The van der Waals surface area contributed by atoms with Gasteiger partial charge in [0.15, 0.2) is 0 Å². The molecule has 0 aliphatic carbocycles. The maximum atomic E-state index is 11.9. The number of carbonyl (C=O) groups excluding carboxylic acids is 2. The van der Waals surface area contributed by atoms with Crippen LogP contribution in [-0.2, 0) is 4.79 Å². The number of amides is 2. The van der Waals surface area contributed by atoms with E-state index in [2.05, 4.69) is 0 Å². The number of carboxylic acid groups (broad SMARTS) is 1. The summed E-state index contributed by atoms with van der Waals surface area (Å²) in [4.78, 5) is 35.7. The summed E-state index contributed by atoms with van der Waals surface area (Å²) in [5.74, 6) is -0.331. The van der Waals surface area contributed by atoms with E-state index in [0.29, 0.717) is 16.4 Å². The van der Waals surface area contributed by atoms with Gasteiger partial charge in [0.25, 0.3) is 11.1 Å². The lowest BCUT2D eigenvalue weighted by Crippen LogP contribution is -2.22. The number of aryl methyl sites for hydroxylation is 1. The van der Waals surface area contributed by atoms with E-state index >= 15 is 0 Å². The van der Waals surface area contributed by atoms with Gasteiger partial charge in [0.1, 0.15) is 11.5 Å². The van der Waals surface area contributed by atoms with Crippen molar-refractivity contribution in [3.63, 3.8) is 0 Å². The first-order valence-corrected chi connectivity index (χ1v) is 7.84. The lowest BCUT2D eigenvalue weighted by Gasteiger charge is -2.04. The molecule has 7 heteroatoms. The van der Waals surface area contributed by atoms with Gasteiger partial charge in [-0.3, -0.25) is 14.5 Å². The fraction of sp³-hybridized carbons (Fsp3) is 0.118. The molecule has 1 aromatic heterocycles. The van der Waals surface area contributed by atoms with Gasteiger partial charge in [0.05, 0.1) is 10.5 Å². The molecular formula is C17H13NO5S. The average Bonchev–Trinajstić information content (AvgIpc) is 3.08. The third kappa shape index (κ3) is 2.85. The van der Waals surface area contributed by atoms with E-state index in [4.69, 9.17) is 9.52 Å². The Morgan fingerprint density at radius 2 is 2.00 bits per heavy atom. The van der Waals surface area contributed by atoms with Crippen molar-refractivity contribution in [3.8, 4) is 11.3 Å². The van der Waals surface area contributed by atoms with Crippen molar-refractivity contribution in [1.29, 1.82) is 0 Å². The molecule has 2 amide bonds. The highest BCUT2D eigenvalue weighted by Crippen LogP contribution is 2.33. The second-order valence-electron chi connectivity index (χ2n) is 5.28. The summed E-state index contributed by atoms with van der Waals surface area (Å²) in [7, 11) is 1.43. The molecule has 1 aromatic carbocycles. The number of rotatable bonds is 3. The van der Waals surface area contributed by atoms with Crippen LogP contribution in [0.1, 0.15) is 21.7 Å². The van der Waals surface area contributed by atoms with Gasteiger partial charge in [-0.2, -0.15) is 0 Å². The molecule has 6 nitrogen and oxygen atoms in total. The van der Waals surface area contributed by atoms with Crippen LogP contribution in [0.15, 0.2) is 39.7 Å². The maximum absolute atomic E-state index is 11.9.